The molecule has 1 aromatic heterocycles. The Morgan fingerprint density at radius 2 is 2.27 bits per heavy atom. The molecule has 0 atom stereocenters. The highest BCUT2D eigenvalue weighted by atomic mass is 79.9. The van der Waals surface area contributed by atoms with Crippen LogP contribution < -0.4 is 0 Å². The van der Waals surface area contributed by atoms with Gasteiger partial charge in [0.1, 0.15) is 0 Å². The predicted molar refractivity (Wildman–Crippen MR) is 59.8 cm³/mol. The molecule has 0 bridgehead atoms. The van der Waals surface area contributed by atoms with Crippen LogP contribution in [0, 0.1) is 0 Å². The number of hydrogen-bond acceptors (Lipinski definition) is 3. The van der Waals surface area contributed by atoms with Gasteiger partial charge in [0.05, 0.1) is 24.4 Å². The lowest BCUT2D eigenvalue weighted by Gasteiger charge is -2.03. The molecule has 0 saturated heterocycles. The van der Waals surface area contributed by atoms with Crippen LogP contribution in [0.15, 0.2) is 22.8 Å². The summed E-state index contributed by atoms with van der Waals surface area (Å²) < 4.78 is 7.14. The van der Waals surface area contributed by atoms with Crippen molar-refractivity contribution in [1.82, 2.24) is 9.78 Å². The monoisotopic (exact) mass is 268 g/mol. The summed E-state index contributed by atoms with van der Waals surface area (Å²) >= 11 is 3.34. The standard InChI is InChI=1S/C10H9BrN2O2/c1-13-9-4-8(11)7(10(14)15-2)3-6(9)5-12-13/h3-5H,1-2H3. The second-order valence-corrected chi connectivity index (χ2v) is 4.00. The fraction of sp³-hybridized carbons (Fsp3) is 0.200. The highest BCUT2D eigenvalue weighted by Gasteiger charge is 2.12. The summed E-state index contributed by atoms with van der Waals surface area (Å²) in [5, 5.41) is 5.02. The van der Waals surface area contributed by atoms with Gasteiger partial charge in [-0.15, -0.1) is 0 Å². The van der Waals surface area contributed by atoms with Crippen molar-refractivity contribution in [3.8, 4) is 0 Å². The van der Waals surface area contributed by atoms with Gasteiger partial charge in [-0.25, -0.2) is 4.79 Å². The van der Waals surface area contributed by atoms with Gasteiger partial charge in [0.25, 0.3) is 0 Å². The molecular formula is C10H9BrN2O2. The zero-order chi connectivity index (χ0) is 11.0. The molecule has 0 fully saturated rings. The minimum Gasteiger partial charge on any atom is -0.465 e. The van der Waals surface area contributed by atoms with E-state index in [1.807, 2.05) is 13.1 Å². The Balaban J connectivity index is 2.68. The first kappa shape index (κ1) is 10.2. The third-order valence-electron chi connectivity index (χ3n) is 2.24. The van der Waals surface area contributed by atoms with E-state index in [4.69, 9.17) is 0 Å². The van der Waals surface area contributed by atoms with Crippen LogP contribution in [0.1, 0.15) is 10.4 Å². The van der Waals surface area contributed by atoms with Crippen LogP contribution >= 0.6 is 15.9 Å². The van der Waals surface area contributed by atoms with Gasteiger partial charge >= 0.3 is 5.97 Å². The van der Waals surface area contributed by atoms with E-state index in [0.717, 1.165) is 10.9 Å². The summed E-state index contributed by atoms with van der Waals surface area (Å²) in [6, 6.07) is 3.62. The van der Waals surface area contributed by atoms with Crippen molar-refractivity contribution in [1.29, 1.82) is 0 Å². The van der Waals surface area contributed by atoms with E-state index in [1.54, 1.807) is 16.9 Å². The Morgan fingerprint density at radius 1 is 1.53 bits per heavy atom. The molecule has 0 aliphatic rings. The highest BCUT2D eigenvalue weighted by molar-refractivity contribution is 9.10. The summed E-state index contributed by atoms with van der Waals surface area (Å²) in [6.45, 7) is 0. The third-order valence-corrected chi connectivity index (χ3v) is 2.90. The van der Waals surface area contributed by atoms with E-state index in [0.29, 0.717) is 10.0 Å². The van der Waals surface area contributed by atoms with Crippen LogP contribution in [0.2, 0.25) is 0 Å². The number of halogens is 1. The lowest BCUT2D eigenvalue weighted by Crippen LogP contribution is -2.02. The predicted octanol–water partition coefficient (Wildman–Crippen LogP) is 2.12. The third kappa shape index (κ3) is 1.63. The quantitative estimate of drug-likeness (QED) is 0.745. The van der Waals surface area contributed by atoms with Crippen molar-refractivity contribution < 1.29 is 9.53 Å². The van der Waals surface area contributed by atoms with Crippen LogP contribution in [0.4, 0.5) is 0 Å². The second kappa shape index (κ2) is 3.66. The molecule has 0 radical (unpaired) electrons. The van der Waals surface area contributed by atoms with E-state index in [9.17, 15) is 4.79 Å². The molecule has 4 nitrogen and oxygen atoms in total. The molecule has 2 rings (SSSR count). The summed E-state index contributed by atoms with van der Waals surface area (Å²) in [5.41, 5.74) is 1.48. The van der Waals surface area contributed by atoms with Crippen molar-refractivity contribution in [2.24, 2.45) is 7.05 Å². The Morgan fingerprint density at radius 3 is 2.93 bits per heavy atom. The molecule has 0 saturated carbocycles. The van der Waals surface area contributed by atoms with Gasteiger partial charge in [-0.3, -0.25) is 4.68 Å². The average molecular weight is 269 g/mol. The smallest absolute Gasteiger partial charge is 0.339 e. The summed E-state index contributed by atoms with van der Waals surface area (Å²) in [6.07, 6.45) is 1.72. The maximum Gasteiger partial charge on any atom is 0.339 e. The Kier molecular flexibility index (Phi) is 2.48. The zero-order valence-corrected chi connectivity index (χ0v) is 9.91. The zero-order valence-electron chi connectivity index (χ0n) is 8.32. The highest BCUT2D eigenvalue weighted by Crippen LogP contribution is 2.24. The first-order valence-corrected chi connectivity index (χ1v) is 5.12. The van der Waals surface area contributed by atoms with Crippen molar-refractivity contribution in [2.45, 2.75) is 0 Å². The lowest BCUT2D eigenvalue weighted by molar-refractivity contribution is 0.0600. The molecule has 15 heavy (non-hydrogen) atoms. The molecule has 5 heteroatoms. The topological polar surface area (TPSA) is 44.1 Å². The minimum absolute atomic E-state index is 0.354. The van der Waals surface area contributed by atoms with E-state index in [-0.39, 0.29) is 5.97 Å². The largest absolute Gasteiger partial charge is 0.465 e. The first-order valence-electron chi connectivity index (χ1n) is 4.33. The number of methoxy groups -OCH3 is 1. The minimum atomic E-state index is -0.354. The maximum atomic E-state index is 11.4. The summed E-state index contributed by atoms with van der Waals surface area (Å²) in [7, 11) is 3.22. The van der Waals surface area contributed by atoms with E-state index >= 15 is 0 Å². The fourth-order valence-electron chi connectivity index (χ4n) is 1.44. The van der Waals surface area contributed by atoms with Gasteiger partial charge in [0, 0.05) is 16.9 Å². The number of carbonyl (C=O) groups excluding carboxylic acids is 1. The summed E-state index contributed by atoms with van der Waals surface area (Å²) in [4.78, 5) is 11.4. The second-order valence-electron chi connectivity index (χ2n) is 3.15. The Hall–Kier alpha value is -1.36. The molecule has 1 aromatic carbocycles. The number of hydrogen-bond donors (Lipinski definition) is 0. The molecule has 78 valence electrons. The average Bonchev–Trinajstić information content (AvgIpc) is 2.58. The van der Waals surface area contributed by atoms with Gasteiger partial charge in [-0.05, 0) is 28.1 Å². The molecule has 0 unspecified atom stereocenters. The van der Waals surface area contributed by atoms with Gasteiger partial charge in [-0.2, -0.15) is 5.10 Å². The maximum absolute atomic E-state index is 11.4. The van der Waals surface area contributed by atoms with Gasteiger partial charge in [0.2, 0.25) is 0 Å². The van der Waals surface area contributed by atoms with E-state index in [2.05, 4.69) is 25.8 Å². The Bertz CT molecular complexity index is 533. The summed E-state index contributed by atoms with van der Waals surface area (Å²) in [5.74, 6) is -0.354. The van der Waals surface area contributed by atoms with E-state index in [1.165, 1.54) is 7.11 Å². The van der Waals surface area contributed by atoms with Crippen molar-refractivity contribution in [2.75, 3.05) is 7.11 Å². The van der Waals surface area contributed by atoms with Crippen LogP contribution in [0.25, 0.3) is 10.9 Å². The molecule has 1 heterocycles. The van der Waals surface area contributed by atoms with Crippen LogP contribution in [0.3, 0.4) is 0 Å². The van der Waals surface area contributed by atoms with Gasteiger partial charge in [-0.1, -0.05) is 0 Å². The molecule has 0 aliphatic heterocycles. The number of benzene rings is 1. The number of carbonyl (C=O) groups is 1. The Labute approximate surface area is 95.0 Å². The number of aromatic nitrogens is 2. The molecule has 0 spiro atoms. The van der Waals surface area contributed by atoms with Crippen molar-refractivity contribution in [3.05, 3.63) is 28.4 Å². The fourth-order valence-corrected chi connectivity index (χ4v) is 1.93. The number of aryl methyl sites for hydroxylation is 1. The molecular weight excluding hydrogens is 260 g/mol. The van der Waals surface area contributed by atoms with Crippen LogP contribution in [0.5, 0.6) is 0 Å². The number of ether oxygens (including phenoxy) is 1. The lowest BCUT2D eigenvalue weighted by atomic mass is 10.1. The van der Waals surface area contributed by atoms with Gasteiger partial charge < -0.3 is 4.74 Å². The number of rotatable bonds is 1. The molecule has 0 N–H and O–H groups in total. The SMILES string of the molecule is COC(=O)c1cc2cnn(C)c2cc1Br. The number of nitrogens with zero attached hydrogens (tertiary/aromatic N) is 2. The van der Waals surface area contributed by atoms with Crippen LogP contribution in [-0.4, -0.2) is 22.9 Å². The van der Waals surface area contributed by atoms with Gasteiger partial charge in [0.15, 0.2) is 0 Å². The van der Waals surface area contributed by atoms with Crippen molar-refractivity contribution in [3.63, 3.8) is 0 Å². The van der Waals surface area contributed by atoms with E-state index < -0.39 is 0 Å². The molecule has 2 aromatic rings. The number of esters is 1. The number of fused-ring (bicyclic) bond motifs is 1. The van der Waals surface area contributed by atoms with Crippen molar-refractivity contribution >= 4 is 32.8 Å². The van der Waals surface area contributed by atoms with Crippen LogP contribution in [-0.2, 0) is 11.8 Å². The molecule has 0 amide bonds. The normalized spacial score (nSPS) is 10.6. The molecule has 0 aliphatic carbocycles. The first-order chi connectivity index (χ1) is 7.13.